The predicted molar refractivity (Wildman–Crippen MR) is 110 cm³/mol. The Morgan fingerprint density at radius 3 is 2.73 bits per heavy atom. The first-order valence-corrected chi connectivity index (χ1v) is 11.2. The molecule has 0 radical (unpaired) electrons. The number of nitrogens with zero attached hydrogens (tertiary/aromatic N) is 4. The minimum absolute atomic E-state index is 0.175. The van der Waals surface area contributed by atoms with E-state index in [1.54, 1.807) is 25.2 Å². The lowest BCUT2D eigenvalue weighted by Crippen LogP contribution is -2.54. The summed E-state index contributed by atoms with van der Waals surface area (Å²) < 4.78 is 50.2. The van der Waals surface area contributed by atoms with Crippen molar-refractivity contribution in [1.29, 1.82) is 0 Å². The highest BCUT2D eigenvalue weighted by Gasteiger charge is 2.29. The fraction of sp³-hybridized carbons (Fsp3) is 0.474. The van der Waals surface area contributed by atoms with Crippen LogP contribution in [0.25, 0.3) is 0 Å². The summed E-state index contributed by atoms with van der Waals surface area (Å²) in [7, 11) is -1.78. The summed E-state index contributed by atoms with van der Waals surface area (Å²) in [4.78, 5) is 6.28. The lowest BCUT2D eigenvalue weighted by atomic mass is 10.3. The molecular formula is C19H26FN5O4S. The molecule has 30 heavy (non-hydrogen) atoms. The van der Waals surface area contributed by atoms with Crippen LogP contribution in [-0.4, -0.2) is 74.6 Å². The van der Waals surface area contributed by atoms with Gasteiger partial charge in [0.05, 0.1) is 12.2 Å². The van der Waals surface area contributed by atoms with E-state index in [0.717, 1.165) is 0 Å². The van der Waals surface area contributed by atoms with Crippen molar-refractivity contribution >= 4 is 16.0 Å². The molecule has 0 spiro atoms. The van der Waals surface area contributed by atoms with Crippen molar-refractivity contribution in [2.45, 2.75) is 18.8 Å². The van der Waals surface area contributed by atoms with Crippen LogP contribution in [0.1, 0.15) is 12.6 Å². The zero-order chi connectivity index (χ0) is 21.6. The number of hydrogen-bond donors (Lipinski definition) is 1. The van der Waals surface area contributed by atoms with Gasteiger partial charge in [-0.1, -0.05) is 11.2 Å². The molecule has 0 aliphatic carbocycles. The number of ether oxygens (including phenoxy) is 1. The highest BCUT2D eigenvalue weighted by atomic mass is 32.2. The molecule has 1 aromatic heterocycles. The average molecular weight is 440 g/mol. The van der Waals surface area contributed by atoms with Gasteiger partial charge in [-0.25, -0.2) is 12.8 Å². The van der Waals surface area contributed by atoms with E-state index in [1.165, 1.54) is 22.7 Å². The van der Waals surface area contributed by atoms with Crippen molar-refractivity contribution in [1.82, 2.24) is 19.7 Å². The van der Waals surface area contributed by atoms with Crippen molar-refractivity contribution in [3.63, 3.8) is 0 Å². The number of aromatic nitrogens is 1. The zero-order valence-electron chi connectivity index (χ0n) is 17.0. The summed E-state index contributed by atoms with van der Waals surface area (Å²) in [6.07, 6.45) is 1.14. The number of piperazine rings is 1. The summed E-state index contributed by atoms with van der Waals surface area (Å²) in [6.45, 7) is 4.08. The highest BCUT2D eigenvalue weighted by Crippen LogP contribution is 2.14. The van der Waals surface area contributed by atoms with Gasteiger partial charge in [-0.3, -0.25) is 4.99 Å². The molecule has 1 atom stereocenters. The normalized spacial score (nSPS) is 17.0. The molecule has 0 bridgehead atoms. The first-order chi connectivity index (χ1) is 14.4. The highest BCUT2D eigenvalue weighted by molar-refractivity contribution is 7.88. The van der Waals surface area contributed by atoms with E-state index in [1.807, 2.05) is 11.8 Å². The van der Waals surface area contributed by atoms with E-state index in [9.17, 15) is 12.8 Å². The number of halogens is 1. The van der Waals surface area contributed by atoms with Crippen LogP contribution in [0.5, 0.6) is 5.75 Å². The van der Waals surface area contributed by atoms with E-state index in [2.05, 4.69) is 15.5 Å². The molecule has 1 aliphatic rings. The van der Waals surface area contributed by atoms with Gasteiger partial charge in [-0.15, -0.1) is 0 Å². The third-order valence-electron chi connectivity index (χ3n) is 4.65. The van der Waals surface area contributed by atoms with E-state index < -0.39 is 10.0 Å². The molecule has 1 aliphatic heterocycles. The first-order valence-electron chi connectivity index (χ1n) is 9.62. The van der Waals surface area contributed by atoms with Gasteiger partial charge in [0.1, 0.15) is 29.7 Å². The van der Waals surface area contributed by atoms with Crippen LogP contribution in [0, 0.1) is 5.82 Å². The largest absolute Gasteiger partial charge is 0.489 e. The van der Waals surface area contributed by atoms with Crippen LogP contribution in [0.2, 0.25) is 0 Å². The summed E-state index contributed by atoms with van der Waals surface area (Å²) in [5, 5.41) is 6.91. The Morgan fingerprint density at radius 1 is 1.33 bits per heavy atom. The van der Waals surface area contributed by atoms with Crippen LogP contribution < -0.4 is 10.1 Å². The molecule has 0 saturated carbocycles. The standard InChI is InChI=1S/C19H26FN5O4S/c1-15(29-18-5-3-4-16(20)12-18)13-22-19(21-2)24-7-9-25(10-8-24)30(26,27)14-17-6-11-28-23-17/h3-6,11-12,15H,7-10,13-14H2,1-2H3,(H,21,22). The fourth-order valence-corrected chi connectivity index (χ4v) is 4.57. The summed E-state index contributed by atoms with van der Waals surface area (Å²) in [5.74, 6) is 0.606. The molecular weight excluding hydrogens is 413 g/mol. The average Bonchev–Trinajstić information content (AvgIpc) is 3.21. The van der Waals surface area contributed by atoms with Gasteiger partial charge in [0, 0.05) is 45.4 Å². The molecule has 9 nitrogen and oxygen atoms in total. The maximum atomic E-state index is 13.3. The number of aliphatic imine (C=N–C) groups is 1. The second-order valence-corrected chi connectivity index (χ2v) is 8.92. The molecule has 0 amide bonds. The molecule has 1 fully saturated rings. The number of hydrogen-bond acceptors (Lipinski definition) is 6. The number of guanidine groups is 1. The molecule has 1 unspecified atom stereocenters. The molecule has 164 valence electrons. The predicted octanol–water partition coefficient (Wildman–Crippen LogP) is 1.30. The topological polar surface area (TPSA) is 100 Å². The lowest BCUT2D eigenvalue weighted by Gasteiger charge is -2.36. The van der Waals surface area contributed by atoms with Crippen molar-refractivity contribution in [2.75, 3.05) is 39.8 Å². The molecule has 2 heterocycles. The van der Waals surface area contributed by atoms with E-state index >= 15 is 0 Å². The maximum absolute atomic E-state index is 13.3. The van der Waals surface area contributed by atoms with E-state index in [4.69, 9.17) is 9.26 Å². The minimum atomic E-state index is -3.45. The molecule has 1 saturated heterocycles. The van der Waals surface area contributed by atoms with Crippen LogP contribution in [0.3, 0.4) is 0 Å². The molecule has 11 heteroatoms. The van der Waals surface area contributed by atoms with Gasteiger partial charge >= 0.3 is 0 Å². The van der Waals surface area contributed by atoms with Crippen molar-refractivity contribution in [2.24, 2.45) is 4.99 Å². The maximum Gasteiger partial charge on any atom is 0.220 e. The lowest BCUT2D eigenvalue weighted by molar-refractivity contribution is 0.217. The monoisotopic (exact) mass is 439 g/mol. The second kappa shape index (κ2) is 9.90. The van der Waals surface area contributed by atoms with Crippen molar-refractivity contribution in [3.05, 3.63) is 48.1 Å². The van der Waals surface area contributed by atoms with Crippen molar-refractivity contribution in [3.8, 4) is 5.75 Å². The van der Waals surface area contributed by atoms with Crippen LogP contribution in [0.15, 0.2) is 46.1 Å². The Bertz CT molecular complexity index is 944. The molecule has 1 aromatic carbocycles. The van der Waals surface area contributed by atoms with Gasteiger partial charge < -0.3 is 19.5 Å². The summed E-state index contributed by atoms with van der Waals surface area (Å²) >= 11 is 0. The van der Waals surface area contributed by atoms with Gasteiger partial charge in [0.25, 0.3) is 0 Å². The quantitative estimate of drug-likeness (QED) is 0.513. The molecule has 3 rings (SSSR count). The Balaban J connectivity index is 1.47. The second-order valence-electron chi connectivity index (χ2n) is 6.95. The molecule has 2 aromatic rings. The first kappa shape index (κ1) is 22.0. The van der Waals surface area contributed by atoms with Gasteiger partial charge in [-0.05, 0) is 19.1 Å². The summed E-state index contributed by atoms with van der Waals surface area (Å²) in [6, 6.07) is 7.55. The Kier molecular flexibility index (Phi) is 7.27. The molecule has 1 N–H and O–H groups in total. The van der Waals surface area contributed by atoms with Gasteiger partial charge in [-0.2, -0.15) is 4.31 Å². The third-order valence-corrected chi connectivity index (χ3v) is 6.46. The number of sulfonamides is 1. The van der Waals surface area contributed by atoms with E-state index in [0.29, 0.717) is 50.1 Å². The fourth-order valence-electron chi connectivity index (χ4n) is 3.15. The Hall–Kier alpha value is -2.66. The number of nitrogens with one attached hydrogen (secondary N) is 1. The third kappa shape index (κ3) is 5.92. The minimum Gasteiger partial charge on any atom is -0.489 e. The van der Waals surface area contributed by atoms with Crippen LogP contribution >= 0.6 is 0 Å². The summed E-state index contributed by atoms with van der Waals surface area (Å²) in [5.41, 5.74) is 0.391. The number of rotatable bonds is 7. The van der Waals surface area contributed by atoms with E-state index in [-0.39, 0.29) is 17.7 Å². The Labute approximate surface area is 175 Å². The van der Waals surface area contributed by atoms with Gasteiger partial charge in [0.15, 0.2) is 5.96 Å². The zero-order valence-corrected chi connectivity index (χ0v) is 17.8. The number of benzene rings is 1. The van der Waals surface area contributed by atoms with Crippen molar-refractivity contribution < 1.29 is 22.1 Å². The Morgan fingerprint density at radius 2 is 2.10 bits per heavy atom. The SMILES string of the molecule is CN=C(NCC(C)Oc1cccc(F)c1)N1CCN(S(=O)(=O)Cc2ccon2)CC1. The van der Waals surface area contributed by atoms with Crippen LogP contribution in [-0.2, 0) is 15.8 Å². The van der Waals surface area contributed by atoms with Gasteiger partial charge in [0.2, 0.25) is 10.0 Å². The van der Waals surface area contributed by atoms with Crippen LogP contribution in [0.4, 0.5) is 4.39 Å². The smallest absolute Gasteiger partial charge is 0.220 e.